The lowest BCUT2D eigenvalue weighted by Crippen LogP contribution is -2.55. The summed E-state index contributed by atoms with van der Waals surface area (Å²) in [6.45, 7) is 3.56. The summed E-state index contributed by atoms with van der Waals surface area (Å²) in [6.07, 6.45) is 1.36. The Morgan fingerprint density at radius 1 is 1.00 bits per heavy atom. The summed E-state index contributed by atoms with van der Waals surface area (Å²) in [5.41, 5.74) is 0.301. The van der Waals surface area contributed by atoms with Gasteiger partial charge in [0.15, 0.2) is 29.5 Å². The van der Waals surface area contributed by atoms with Crippen LogP contribution in [0.4, 0.5) is 4.39 Å². The van der Waals surface area contributed by atoms with Gasteiger partial charge in [-0.25, -0.2) is 4.98 Å². The first kappa shape index (κ1) is 23.5. The van der Waals surface area contributed by atoms with Crippen molar-refractivity contribution in [1.82, 2.24) is 9.97 Å². The van der Waals surface area contributed by atoms with E-state index in [-0.39, 0.29) is 11.5 Å². The van der Waals surface area contributed by atoms with Crippen molar-refractivity contribution >= 4 is 29.7 Å². The number of esters is 3. The highest BCUT2D eigenvalue weighted by Crippen LogP contribution is 2.35. The predicted octanol–water partition coefficient (Wildman–Crippen LogP) is 2.53. The maximum Gasteiger partial charge on any atom is 0.303 e. The first-order valence-corrected chi connectivity index (χ1v) is 10.7. The molecule has 170 valence electrons. The van der Waals surface area contributed by atoms with Gasteiger partial charge in [-0.2, -0.15) is 4.39 Å². The van der Waals surface area contributed by atoms with Crippen LogP contribution in [0.15, 0.2) is 36.8 Å². The van der Waals surface area contributed by atoms with E-state index in [0.717, 1.165) is 11.8 Å². The molecule has 2 aromatic rings. The Morgan fingerprint density at radius 2 is 1.69 bits per heavy atom. The minimum atomic E-state index is -1.17. The van der Waals surface area contributed by atoms with Crippen molar-refractivity contribution in [1.29, 1.82) is 0 Å². The van der Waals surface area contributed by atoms with E-state index in [0.29, 0.717) is 11.1 Å². The molecule has 0 saturated carbocycles. The molecule has 4 atom stereocenters. The van der Waals surface area contributed by atoms with E-state index in [9.17, 15) is 18.8 Å². The molecule has 11 heteroatoms. The van der Waals surface area contributed by atoms with Crippen LogP contribution in [-0.4, -0.2) is 57.4 Å². The molecule has 0 aromatic carbocycles. The van der Waals surface area contributed by atoms with Gasteiger partial charge >= 0.3 is 17.9 Å². The Balaban J connectivity index is 1.91. The fourth-order valence-electron chi connectivity index (χ4n) is 3.14. The highest BCUT2D eigenvalue weighted by Gasteiger charge is 2.48. The summed E-state index contributed by atoms with van der Waals surface area (Å²) in [6, 6.07) is 4.96. The quantitative estimate of drug-likeness (QED) is 0.359. The summed E-state index contributed by atoms with van der Waals surface area (Å²) in [7, 11) is 0. The number of hydrogen-bond acceptors (Lipinski definition) is 10. The molecule has 9 nitrogen and oxygen atoms in total. The molecule has 1 fully saturated rings. The van der Waals surface area contributed by atoms with Crippen molar-refractivity contribution in [3.05, 3.63) is 42.7 Å². The third-order valence-electron chi connectivity index (χ3n) is 4.35. The fraction of sp³-hybridized carbons (Fsp3) is 0.381. The fourth-order valence-corrected chi connectivity index (χ4v) is 4.35. The lowest BCUT2D eigenvalue weighted by molar-refractivity contribution is -0.186. The van der Waals surface area contributed by atoms with Gasteiger partial charge in [0.1, 0.15) is 0 Å². The van der Waals surface area contributed by atoms with Crippen molar-refractivity contribution in [2.45, 2.75) is 44.5 Å². The predicted molar refractivity (Wildman–Crippen MR) is 111 cm³/mol. The molecule has 1 saturated heterocycles. The molecular weight excluding hydrogens is 443 g/mol. The minimum absolute atomic E-state index is 0.164. The number of pyridine rings is 2. The van der Waals surface area contributed by atoms with Crippen LogP contribution in [0, 0.1) is 5.95 Å². The maximum atomic E-state index is 14.5. The number of carbonyl (C=O) groups is 3. The van der Waals surface area contributed by atoms with Gasteiger partial charge < -0.3 is 18.9 Å². The standard InChI is InChI=1S/C21H21FN2O7S/c1-11(25)28-17-10-32-21(19(30-13(3)27)18(17)29-12(2)26)31-16-7-15(9-24-20(16)22)14-5-4-6-23-8-14/h4-9,17-19,21H,10H2,1-3H3/t17-,18+,19-,21-/m1/s1. The largest absolute Gasteiger partial charge is 0.471 e. The van der Waals surface area contributed by atoms with E-state index in [1.165, 1.54) is 33.0 Å². The van der Waals surface area contributed by atoms with Crippen LogP contribution in [0.5, 0.6) is 5.75 Å². The number of thioether (sulfide) groups is 1. The molecule has 0 radical (unpaired) electrons. The zero-order chi connectivity index (χ0) is 23.3. The van der Waals surface area contributed by atoms with Gasteiger partial charge in [0.05, 0.1) is 0 Å². The number of rotatable bonds is 6. The van der Waals surface area contributed by atoms with Gasteiger partial charge in [0, 0.05) is 56.2 Å². The Kier molecular flexibility index (Phi) is 7.62. The minimum Gasteiger partial charge on any atom is -0.471 e. The van der Waals surface area contributed by atoms with Crippen LogP contribution in [-0.2, 0) is 28.6 Å². The van der Waals surface area contributed by atoms with Crippen LogP contribution in [0.3, 0.4) is 0 Å². The molecule has 0 spiro atoms. The van der Waals surface area contributed by atoms with Crippen LogP contribution in [0.25, 0.3) is 11.1 Å². The number of hydrogen-bond donors (Lipinski definition) is 0. The van der Waals surface area contributed by atoms with E-state index >= 15 is 0 Å². The highest BCUT2D eigenvalue weighted by atomic mass is 32.2. The van der Waals surface area contributed by atoms with Crippen molar-refractivity contribution in [2.24, 2.45) is 0 Å². The number of nitrogens with zero attached hydrogens (tertiary/aromatic N) is 2. The van der Waals surface area contributed by atoms with Crippen molar-refractivity contribution in [3.63, 3.8) is 0 Å². The zero-order valence-corrected chi connectivity index (χ0v) is 18.3. The molecule has 3 rings (SSSR count). The molecule has 32 heavy (non-hydrogen) atoms. The molecule has 0 bridgehead atoms. The molecule has 0 unspecified atom stereocenters. The smallest absolute Gasteiger partial charge is 0.303 e. The molecule has 1 aliphatic rings. The summed E-state index contributed by atoms with van der Waals surface area (Å²) >= 11 is 1.12. The lowest BCUT2D eigenvalue weighted by atomic mass is 10.1. The van der Waals surface area contributed by atoms with Gasteiger partial charge in [-0.15, -0.1) is 11.8 Å². The second-order valence-corrected chi connectivity index (χ2v) is 8.00. The SMILES string of the molecule is CC(=O)O[C@@H]1[C@@H](OC(C)=O)[C@H](OC(C)=O)CS[C@H]1Oc1cc(-c2cccnc2)cnc1F. The van der Waals surface area contributed by atoms with Gasteiger partial charge in [0.25, 0.3) is 5.95 Å². The second-order valence-electron chi connectivity index (χ2n) is 6.87. The van der Waals surface area contributed by atoms with E-state index < -0.39 is 47.6 Å². The van der Waals surface area contributed by atoms with Gasteiger partial charge in [-0.1, -0.05) is 6.07 Å². The van der Waals surface area contributed by atoms with E-state index in [1.807, 2.05) is 0 Å². The first-order valence-electron chi connectivity index (χ1n) is 9.60. The average molecular weight is 464 g/mol. The van der Waals surface area contributed by atoms with Crippen LogP contribution < -0.4 is 4.74 Å². The monoisotopic (exact) mass is 464 g/mol. The topological polar surface area (TPSA) is 114 Å². The zero-order valence-electron chi connectivity index (χ0n) is 17.5. The molecule has 1 aliphatic heterocycles. The first-order chi connectivity index (χ1) is 15.2. The summed E-state index contributed by atoms with van der Waals surface area (Å²) in [5.74, 6) is -2.82. The average Bonchev–Trinajstić information content (AvgIpc) is 2.73. The number of aromatic nitrogens is 2. The summed E-state index contributed by atoms with van der Waals surface area (Å²) in [4.78, 5) is 42.7. The van der Waals surface area contributed by atoms with Crippen molar-refractivity contribution in [3.8, 4) is 16.9 Å². The lowest BCUT2D eigenvalue weighted by Gasteiger charge is -2.39. The molecule has 2 aromatic heterocycles. The van der Waals surface area contributed by atoms with E-state index in [4.69, 9.17) is 18.9 Å². The molecule has 3 heterocycles. The Morgan fingerprint density at radius 3 is 2.31 bits per heavy atom. The summed E-state index contributed by atoms with van der Waals surface area (Å²) in [5, 5.41) is 0. The van der Waals surface area contributed by atoms with E-state index in [2.05, 4.69) is 9.97 Å². The van der Waals surface area contributed by atoms with Gasteiger partial charge in [-0.05, 0) is 12.1 Å². The molecule has 0 amide bonds. The number of carbonyl (C=O) groups excluding carboxylic acids is 3. The third-order valence-corrected chi connectivity index (χ3v) is 5.56. The Bertz CT molecular complexity index is 991. The Labute approximate surface area is 187 Å². The number of halogens is 1. The Hall–Kier alpha value is -3.21. The highest BCUT2D eigenvalue weighted by molar-refractivity contribution is 7.99. The molecular formula is C21H21FN2O7S. The van der Waals surface area contributed by atoms with Crippen molar-refractivity contribution in [2.75, 3.05) is 5.75 Å². The maximum absolute atomic E-state index is 14.5. The van der Waals surface area contributed by atoms with Crippen LogP contribution in [0.1, 0.15) is 20.8 Å². The van der Waals surface area contributed by atoms with Crippen LogP contribution >= 0.6 is 11.8 Å². The number of ether oxygens (including phenoxy) is 4. The van der Waals surface area contributed by atoms with E-state index in [1.54, 1.807) is 24.5 Å². The van der Waals surface area contributed by atoms with Gasteiger partial charge in [-0.3, -0.25) is 19.4 Å². The molecule has 0 N–H and O–H groups in total. The second kappa shape index (κ2) is 10.4. The molecule has 0 aliphatic carbocycles. The summed E-state index contributed by atoms with van der Waals surface area (Å²) < 4.78 is 36.2. The normalized spacial score (nSPS) is 22.5. The van der Waals surface area contributed by atoms with Crippen molar-refractivity contribution < 1.29 is 37.7 Å². The van der Waals surface area contributed by atoms with Crippen LogP contribution in [0.2, 0.25) is 0 Å². The third kappa shape index (κ3) is 5.94. The van der Waals surface area contributed by atoms with Gasteiger partial charge in [0.2, 0.25) is 0 Å².